The normalized spacial score (nSPS) is 20.2. The minimum absolute atomic E-state index is 0.0249. The van der Waals surface area contributed by atoms with Gasteiger partial charge in [0, 0.05) is 55.1 Å². The predicted molar refractivity (Wildman–Crippen MR) is 251 cm³/mol. The number of Topliss-reactive ketones (excluding diaryl/α,β-unsaturated/α-hetero) is 1. The molecule has 0 radical (unpaired) electrons. The van der Waals surface area contributed by atoms with Gasteiger partial charge in [-0.1, -0.05) is 55.7 Å². The second-order valence-corrected chi connectivity index (χ2v) is 17.6. The smallest absolute Gasteiger partial charge is 0.161 e. The molecule has 6 N–H and O–H groups in total. The number of nitrogens with one attached hydrogen (secondary N) is 1. The third-order valence-electron chi connectivity index (χ3n) is 12.9. The Morgan fingerprint density at radius 2 is 1.83 bits per heavy atom. The summed E-state index contributed by atoms with van der Waals surface area (Å²) in [6.45, 7) is 4.31. The summed E-state index contributed by atoms with van der Waals surface area (Å²) >= 11 is 0. The van der Waals surface area contributed by atoms with Crippen LogP contribution in [-0.2, 0) is 42.0 Å². The van der Waals surface area contributed by atoms with Crippen molar-refractivity contribution in [2.45, 2.75) is 116 Å². The van der Waals surface area contributed by atoms with Crippen LogP contribution in [0.2, 0.25) is 0 Å². The molecular formula is C54H63NO9. The highest BCUT2D eigenvalue weighted by molar-refractivity contribution is 6.00. The van der Waals surface area contributed by atoms with E-state index in [0.717, 1.165) is 70.0 Å². The van der Waals surface area contributed by atoms with E-state index in [-0.39, 0.29) is 74.1 Å². The number of carbonyl (C=O) groups is 1. The van der Waals surface area contributed by atoms with Gasteiger partial charge in [0.1, 0.15) is 36.1 Å². The number of aromatic hydroxyl groups is 1. The molecule has 0 amide bonds. The lowest BCUT2D eigenvalue weighted by atomic mass is 9.77. The molecule has 338 valence electrons. The Morgan fingerprint density at radius 1 is 0.969 bits per heavy atom. The van der Waals surface area contributed by atoms with Gasteiger partial charge < -0.3 is 45.1 Å². The van der Waals surface area contributed by atoms with E-state index in [1.807, 2.05) is 48.5 Å². The van der Waals surface area contributed by atoms with Gasteiger partial charge in [-0.15, -0.1) is 0 Å². The first kappa shape index (κ1) is 46.3. The van der Waals surface area contributed by atoms with E-state index in [1.54, 1.807) is 14.0 Å². The van der Waals surface area contributed by atoms with Crippen LogP contribution in [0.3, 0.4) is 0 Å². The Labute approximate surface area is 377 Å². The number of fused-ring (bicyclic) bond motifs is 9. The summed E-state index contributed by atoms with van der Waals surface area (Å²) in [4.78, 5) is 13.8. The number of aliphatic hydroxyl groups is 4. The van der Waals surface area contributed by atoms with Gasteiger partial charge in [-0.2, -0.15) is 0 Å². The molecule has 0 saturated carbocycles. The number of aliphatic hydroxyl groups excluding tert-OH is 4. The molecule has 4 aromatic carbocycles. The van der Waals surface area contributed by atoms with Crippen LogP contribution in [-0.4, -0.2) is 63.8 Å². The van der Waals surface area contributed by atoms with Crippen LogP contribution < -0.4 is 14.8 Å². The molecule has 2 aliphatic heterocycles. The Bertz CT molecular complexity index is 2450. The summed E-state index contributed by atoms with van der Waals surface area (Å²) < 4.78 is 18.5. The zero-order valence-electron chi connectivity index (χ0n) is 37.4. The monoisotopic (exact) mass is 869 g/mol. The number of methoxy groups -OCH3 is 1. The average Bonchev–Trinajstić information content (AvgIpc) is 3.28. The predicted octanol–water partition coefficient (Wildman–Crippen LogP) is 9.53. The lowest BCUT2D eigenvalue weighted by molar-refractivity contribution is -0.121. The van der Waals surface area contributed by atoms with Crippen molar-refractivity contribution in [2.75, 3.05) is 25.6 Å². The highest BCUT2D eigenvalue weighted by Gasteiger charge is 2.30. The van der Waals surface area contributed by atoms with Crippen molar-refractivity contribution in [3.63, 3.8) is 0 Å². The summed E-state index contributed by atoms with van der Waals surface area (Å²) in [5, 5.41) is 57.8. The molecular weight excluding hydrogens is 807 g/mol. The maximum atomic E-state index is 13.8. The number of benzene rings is 4. The van der Waals surface area contributed by atoms with Crippen molar-refractivity contribution in [1.82, 2.24) is 0 Å². The SMILES string of the molecule is COc1ccc2cc1OCc1c(CO)cc3c(c(O)cc4c3c1C=CC4C)CC#COC(CC1C=C(O)C(CCCO)=CC1CCCCc1cccc(NCC(C)O)c1)CC(=O)CC2. The van der Waals surface area contributed by atoms with Crippen molar-refractivity contribution >= 4 is 28.3 Å². The number of rotatable bonds is 15. The number of aryl methyl sites for hydroxylation is 2. The third-order valence-corrected chi connectivity index (χ3v) is 12.9. The van der Waals surface area contributed by atoms with Gasteiger partial charge in [-0.25, -0.2) is 0 Å². The number of unbranched alkanes of at least 4 members (excludes halogenated alkanes) is 1. The zero-order chi connectivity index (χ0) is 45.2. The zero-order valence-corrected chi connectivity index (χ0v) is 37.4. The quantitative estimate of drug-likeness (QED) is 0.0502. The molecule has 10 nitrogen and oxygen atoms in total. The number of hydrogen-bond acceptors (Lipinski definition) is 10. The first-order valence-corrected chi connectivity index (χ1v) is 22.9. The van der Waals surface area contributed by atoms with E-state index in [0.29, 0.717) is 54.9 Å². The van der Waals surface area contributed by atoms with Crippen LogP contribution in [0.4, 0.5) is 5.69 Å². The standard InChI is InChI=1S/C54H63NO9/c1-34-15-19-46-49-33-64-53-24-37(17-20-52(53)62-3)16-18-43(59)29-44(63-22-8-14-45-48(27-41(49)32-57)54(46)47(34)30-51(45)61)26-40-28-50(60)39(12-7-21-56)25-38(40)11-5-4-9-36-10-6-13-42(23-36)55-31-35(2)58/h6,10,13,15,17,19-20,23-25,27-28,30,34-35,38,40,44,55-58,60-61H,4-5,7,9,11-12,14,16,18,21,26,29,31-33H2,1-3H3. The number of anilines is 1. The number of carbonyl (C=O) groups excluding carboxylic acids is 1. The van der Waals surface area contributed by atoms with Crippen molar-refractivity contribution in [2.24, 2.45) is 11.8 Å². The Morgan fingerprint density at radius 3 is 2.62 bits per heavy atom. The molecule has 0 fully saturated rings. The number of hydrogen-bond donors (Lipinski definition) is 6. The molecule has 64 heavy (non-hydrogen) atoms. The van der Waals surface area contributed by atoms with E-state index in [1.165, 1.54) is 5.56 Å². The van der Waals surface area contributed by atoms with Crippen molar-refractivity contribution < 1.29 is 44.5 Å². The average molecular weight is 870 g/mol. The second-order valence-electron chi connectivity index (χ2n) is 17.6. The van der Waals surface area contributed by atoms with E-state index in [2.05, 4.69) is 54.6 Å². The maximum absolute atomic E-state index is 13.8. The first-order chi connectivity index (χ1) is 31.0. The highest BCUT2D eigenvalue weighted by Crippen LogP contribution is 2.44. The fourth-order valence-corrected chi connectivity index (χ4v) is 9.42. The third kappa shape index (κ3) is 11.3. The van der Waals surface area contributed by atoms with Gasteiger partial charge in [0.05, 0.1) is 19.8 Å². The fraction of sp³-hybridized carbons (Fsp3) is 0.426. The number of ketones is 1. The van der Waals surface area contributed by atoms with Gasteiger partial charge >= 0.3 is 0 Å². The van der Waals surface area contributed by atoms with Crippen LogP contribution in [0.15, 0.2) is 84.2 Å². The molecule has 5 atom stereocenters. The molecule has 0 aromatic heterocycles. The summed E-state index contributed by atoms with van der Waals surface area (Å²) in [5.41, 5.74) is 8.02. The summed E-state index contributed by atoms with van der Waals surface area (Å²) in [6, 6.07) is 17.7. The Kier molecular flexibility index (Phi) is 15.7. The first-order valence-electron chi connectivity index (χ1n) is 22.9. The molecule has 0 spiro atoms. The molecule has 4 aliphatic rings. The van der Waals surface area contributed by atoms with Gasteiger partial charge in [-0.3, -0.25) is 4.79 Å². The van der Waals surface area contributed by atoms with Gasteiger partial charge in [0.2, 0.25) is 0 Å². The largest absolute Gasteiger partial charge is 0.508 e. The van der Waals surface area contributed by atoms with Gasteiger partial charge in [0.25, 0.3) is 0 Å². The number of ether oxygens (including phenoxy) is 3. The number of allylic oxidation sites excluding steroid dienone is 4. The lowest BCUT2D eigenvalue weighted by Gasteiger charge is -2.30. The fourth-order valence-electron chi connectivity index (χ4n) is 9.42. The van der Waals surface area contributed by atoms with Gasteiger partial charge in [0.15, 0.2) is 11.5 Å². The molecule has 0 saturated heterocycles. The molecule has 2 heterocycles. The Balaban J connectivity index is 1.17. The van der Waals surface area contributed by atoms with Crippen LogP contribution in [0.5, 0.6) is 17.2 Å². The van der Waals surface area contributed by atoms with Crippen LogP contribution in [0.25, 0.3) is 16.8 Å². The number of phenolic OH excluding ortho intramolecular Hbond substituents is 1. The maximum Gasteiger partial charge on any atom is 0.161 e. The molecule has 4 aromatic rings. The second kappa shape index (κ2) is 21.8. The molecule has 5 unspecified atom stereocenters. The summed E-state index contributed by atoms with van der Waals surface area (Å²) in [5.74, 6) is 4.59. The highest BCUT2D eigenvalue weighted by atomic mass is 16.5. The van der Waals surface area contributed by atoms with Crippen molar-refractivity contribution in [3.05, 3.63) is 123 Å². The minimum atomic E-state index is -0.572. The molecule has 6 bridgehead atoms. The summed E-state index contributed by atoms with van der Waals surface area (Å²) in [6.07, 6.45) is 16.4. The topological polar surface area (TPSA) is 158 Å². The minimum Gasteiger partial charge on any atom is -0.508 e. The van der Waals surface area contributed by atoms with Crippen molar-refractivity contribution in [1.29, 1.82) is 0 Å². The van der Waals surface area contributed by atoms with E-state index in [4.69, 9.17) is 14.2 Å². The van der Waals surface area contributed by atoms with E-state index in [9.17, 15) is 30.3 Å². The van der Waals surface area contributed by atoms with Crippen LogP contribution in [0.1, 0.15) is 110 Å². The number of phenols is 1. The van der Waals surface area contributed by atoms with Gasteiger partial charge in [-0.05, 0) is 150 Å². The molecule has 2 aliphatic carbocycles. The summed E-state index contributed by atoms with van der Waals surface area (Å²) in [7, 11) is 1.59. The van der Waals surface area contributed by atoms with Crippen molar-refractivity contribution in [3.8, 4) is 29.3 Å². The van der Waals surface area contributed by atoms with E-state index >= 15 is 0 Å². The molecule has 8 rings (SSSR count). The van der Waals surface area contributed by atoms with E-state index < -0.39 is 12.2 Å². The van der Waals surface area contributed by atoms with Crippen LogP contribution in [0, 0.1) is 23.9 Å². The molecule has 10 heteroatoms. The Hall–Kier alpha value is -5.73. The van der Waals surface area contributed by atoms with Crippen LogP contribution >= 0.6 is 0 Å². The lowest BCUT2D eigenvalue weighted by Crippen LogP contribution is -2.25.